The normalized spacial score (nSPS) is 10.4. The first kappa shape index (κ1) is 9.26. The van der Waals surface area contributed by atoms with Crippen molar-refractivity contribution in [2.24, 2.45) is 0 Å². The Labute approximate surface area is 83.2 Å². The lowest BCUT2D eigenvalue weighted by atomic mass is 10.2. The highest BCUT2D eigenvalue weighted by atomic mass is 16.4. The van der Waals surface area contributed by atoms with Crippen molar-refractivity contribution in [3.63, 3.8) is 0 Å². The number of phenolic OH excluding ortho intramolecular Hbond substituents is 1. The molecule has 0 atom stereocenters. The monoisotopic (exact) mass is 206 g/mol. The van der Waals surface area contributed by atoms with Crippen molar-refractivity contribution in [2.75, 3.05) is 0 Å². The number of rotatable bonds is 1. The average Bonchev–Trinajstić information content (AvgIpc) is 2.17. The second-order valence-corrected chi connectivity index (χ2v) is 2.93. The number of aromatic carboxylic acids is 1. The fraction of sp³-hybridized carbons (Fsp3) is 0. The van der Waals surface area contributed by atoms with E-state index in [0.29, 0.717) is 0 Å². The molecule has 2 rings (SSSR count). The van der Waals surface area contributed by atoms with Crippen LogP contribution in [0.3, 0.4) is 0 Å². The lowest BCUT2D eigenvalue weighted by Gasteiger charge is -1.99. The minimum absolute atomic E-state index is 0.0116. The third kappa shape index (κ3) is 1.43. The van der Waals surface area contributed by atoms with Gasteiger partial charge in [-0.1, -0.05) is 6.07 Å². The van der Waals surface area contributed by atoms with Crippen molar-refractivity contribution in [2.45, 2.75) is 0 Å². The van der Waals surface area contributed by atoms with Gasteiger partial charge in [0.1, 0.15) is 16.7 Å². The maximum absolute atomic E-state index is 11.4. The fourth-order valence-corrected chi connectivity index (χ4v) is 1.30. The molecular weight excluding hydrogens is 200 g/mol. The van der Waals surface area contributed by atoms with Gasteiger partial charge >= 0.3 is 5.97 Å². The standard InChI is InChI=1S/C10H6O5/c11-5-2-1-3-7-9(5)6(12)4-8(15-7)10(13)14/h1-4,11H,(H,13,14). The summed E-state index contributed by atoms with van der Waals surface area (Å²) in [6.45, 7) is 0. The molecule has 0 aliphatic rings. The summed E-state index contributed by atoms with van der Waals surface area (Å²) in [5, 5.41) is 18.0. The highest BCUT2D eigenvalue weighted by Gasteiger charge is 2.12. The van der Waals surface area contributed by atoms with Gasteiger partial charge in [0.15, 0.2) is 5.43 Å². The van der Waals surface area contributed by atoms with E-state index in [1.807, 2.05) is 0 Å². The Morgan fingerprint density at radius 3 is 2.73 bits per heavy atom. The second kappa shape index (κ2) is 3.13. The van der Waals surface area contributed by atoms with E-state index in [1.165, 1.54) is 18.2 Å². The molecule has 15 heavy (non-hydrogen) atoms. The Balaban J connectivity index is 2.91. The SMILES string of the molecule is O=C(O)c1cc(=O)c2c(O)cccc2o1. The van der Waals surface area contributed by atoms with E-state index >= 15 is 0 Å². The van der Waals surface area contributed by atoms with Crippen molar-refractivity contribution in [1.82, 2.24) is 0 Å². The van der Waals surface area contributed by atoms with Gasteiger partial charge in [-0.3, -0.25) is 4.79 Å². The number of hydrogen-bond acceptors (Lipinski definition) is 4. The summed E-state index contributed by atoms with van der Waals surface area (Å²) in [6, 6.07) is 5.05. The van der Waals surface area contributed by atoms with Gasteiger partial charge in [0.05, 0.1) is 0 Å². The van der Waals surface area contributed by atoms with Gasteiger partial charge in [0.2, 0.25) is 5.76 Å². The van der Waals surface area contributed by atoms with Gasteiger partial charge in [-0.05, 0) is 12.1 Å². The fourth-order valence-electron chi connectivity index (χ4n) is 1.30. The molecule has 1 aromatic carbocycles. The second-order valence-electron chi connectivity index (χ2n) is 2.93. The molecule has 0 saturated heterocycles. The zero-order chi connectivity index (χ0) is 11.0. The van der Waals surface area contributed by atoms with Crippen LogP contribution >= 0.6 is 0 Å². The number of benzene rings is 1. The van der Waals surface area contributed by atoms with Crippen molar-refractivity contribution in [3.05, 3.63) is 40.2 Å². The van der Waals surface area contributed by atoms with Crippen LogP contribution in [-0.2, 0) is 0 Å². The predicted octanol–water partition coefficient (Wildman–Crippen LogP) is 1.20. The molecule has 5 nitrogen and oxygen atoms in total. The topological polar surface area (TPSA) is 87.7 Å². The van der Waals surface area contributed by atoms with Crippen molar-refractivity contribution in [3.8, 4) is 5.75 Å². The van der Waals surface area contributed by atoms with Gasteiger partial charge in [-0.25, -0.2) is 4.79 Å². The number of carboxylic acid groups (broad SMARTS) is 1. The molecule has 0 aliphatic heterocycles. The molecule has 0 spiro atoms. The summed E-state index contributed by atoms with van der Waals surface area (Å²) in [7, 11) is 0. The average molecular weight is 206 g/mol. The predicted molar refractivity (Wildman–Crippen MR) is 51.1 cm³/mol. The van der Waals surface area contributed by atoms with Crippen LogP contribution in [0.5, 0.6) is 5.75 Å². The summed E-state index contributed by atoms with van der Waals surface area (Å²) in [4.78, 5) is 22.0. The molecule has 2 N–H and O–H groups in total. The lowest BCUT2D eigenvalue weighted by molar-refractivity contribution is 0.0663. The van der Waals surface area contributed by atoms with Crippen LogP contribution in [0.1, 0.15) is 10.6 Å². The van der Waals surface area contributed by atoms with Gasteiger partial charge < -0.3 is 14.6 Å². The molecule has 76 valence electrons. The smallest absolute Gasteiger partial charge is 0.371 e. The Morgan fingerprint density at radius 2 is 2.07 bits per heavy atom. The van der Waals surface area contributed by atoms with Crippen LogP contribution < -0.4 is 5.43 Å². The molecule has 0 fully saturated rings. The van der Waals surface area contributed by atoms with E-state index in [1.54, 1.807) is 0 Å². The van der Waals surface area contributed by atoms with Gasteiger partial charge in [-0.15, -0.1) is 0 Å². The van der Waals surface area contributed by atoms with Crippen molar-refractivity contribution >= 4 is 16.9 Å². The van der Waals surface area contributed by atoms with E-state index in [-0.39, 0.29) is 16.7 Å². The molecular formula is C10H6O5. The van der Waals surface area contributed by atoms with Crippen LogP contribution in [0.4, 0.5) is 0 Å². The first-order chi connectivity index (χ1) is 7.09. The highest BCUT2D eigenvalue weighted by Crippen LogP contribution is 2.21. The van der Waals surface area contributed by atoms with Gasteiger partial charge in [0, 0.05) is 6.07 Å². The minimum Gasteiger partial charge on any atom is -0.507 e. The first-order valence-corrected chi connectivity index (χ1v) is 4.09. The molecule has 0 unspecified atom stereocenters. The summed E-state index contributed by atoms with van der Waals surface area (Å²) >= 11 is 0. The Bertz CT molecular complexity index is 596. The number of fused-ring (bicyclic) bond motifs is 1. The number of phenols is 1. The van der Waals surface area contributed by atoms with E-state index in [9.17, 15) is 14.7 Å². The summed E-state index contributed by atoms with van der Waals surface area (Å²) < 4.78 is 4.93. The molecule has 0 radical (unpaired) electrons. The molecule has 1 aromatic heterocycles. The molecule has 0 amide bonds. The lowest BCUT2D eigenvalue weighted by Crippen LogP contribution is -2.06. The number of aromatic hydroxyl groups is 1. The summed E-state index contributed by atoms with van der Waals surface area (Å²) in [6.07, 6.45) is 0. The zero-order valence-electron chi connectivity index (χ0n) is 7.43. The van der Waals surface area contributed by atoms with E-state index in [4.69, 9.17) is 9.52 Å². The first-order valence-electron chi connectivity index (χ1n) is 4.09. The minimum atomic E-state index is -1.32. The number of carbonyl (C=O) groups is 1. The van der Waals surface area contributed by atoms with Gasteiger partial charge in [-0.2, -0.15) is 0 Å². The Kier molecular flexibility index (Phi) is 1.93. The number of carboxylic acids is 1. The maximum atomic E-state index is 11.4. The number of hydrogen-bond donors (Lipinski definition) is 2. The molecule has 2 aromatic rings. The summed E-state index contributed by atoms with van der Waals surface area (Å²) in [5.74, 6) is -1.99. The maximum Gasteiger partial charge on any atom is 0.371 e. The molecule has 0 bridgehead atoms. The van der Waals surface area contributed by atoms with Crippen LogP contribution in [0.25, 0.3) is 11.0 Å². The van der Waals surface area contributed by atoms with Crippen LogP contribution in [0, 0.1) is 0 Å². The molecule has 5 heteroatoms. The zero-order valence-corrected chi connectivity index (χ0v) is 7.43. The molecule has 0 aliphatic carbocycles. The Morgan fingerprint density at radius 1 is 1.33 bits per heavy atom. The van der Waals surface area contributed by atoms with E-state index in [2.05, 4.69) is 0 Å². The Hall–Kier alpha value is -2.30. The van der Waals surface area contributed by atoms with Crippen LogP contribution in [-0.4, -0.2) is 16.2 Å². The third-order valence-electron chi connectivity index (χ3n) is 1.94. The third-order valence-corrected chi connectivity index (χ3v) is 1.94. The highest BCUT2D eigenvalue weighted by molar-refractivity contribution is 5.89. The molecule has 1 heterocycles. The van der Waals surface area contributed by atoms with Crippen molar-refractivity contribution < 1.29 is 19.4 Å². The largest absolute Gasteiger partial charge is 0.507 e. The van der Waals surface area contributed by atoms with E-state index < -0.39 is 17.2 Å². The quantitative estimate of drug-likeness (QED) is 0.731. The van der Waals surface area contributed by atoms with Crippen molar-refractivity contribution in [1.29, 1.82) is 0 Å². The summed E-state index contributed by atoms with van der Waals surface area (Å²) in [5.41, 5.74) is -0.522. The van der Waals surface area contributed by atoms with Crippen LogP contribution in [0.15, 0.2) is 33.5 Å². The van der Waals surface area contributed by atoms with Crippen LogP contribution in [0.2, 0.25) is 0 Å². The van der Waals surface area contributed by atoms with E-state index in [0.717, 1.165) is 6.07 Å². The van der Waals surface area contributed by atoms with Gasteiger partial charge in [0.25, 0.3) is 0 Å². The molecule has 0 saturated carbocycles.